The largest absolute Gasteiger partial charge is 0.342 e. The minimum Gasteiger partial charge on any atom is -0.342 e. The van der Waals surface area contributed by atoms with Crippen LogP contribution in [0.1, 0.15) is 37.9 Å². The van der Waals surface area contributed by atoms with Crippen LogP contribution in [0.3, 0.4) is 0 Å². The Bertz CT molecular complexity index is 398. The van der Waals surface area contributed by atoms with Crippen LogP contribution in [-0.4, -0.2) is 9.97 Å². The van der Waals surface area contributed by atoms with E-state index in [-0.39, 0.29) is 0 Å². The molecule has 2 heteroatoms. The average molecular weight is 201 g/mol. The molecule has 0 saturated heterocycles. The zero-order chi connectivity index (χ0) is 10.7. The Morgan fingerprint density at radius 1 is 1.40 bits per heavy atom. The summed E-state index contributed by atoms with van der Waals surface area (Å²) in [6.45, 7) is 6.08. The van der Waals surface area contributed by atoms with Crippen LogP contribution >= 0.6 is 0 Å². The van der Waals surface area contributed by atoms with E-state index in [9.17, 15) is 0 Å². The van der Waals surface area contributed by atoms with Crippen LogP contribution in [0.2, 0.25) is 0 Å². The molecular weight excluding hydrogens is 184 g/mol. The SMILES string of the molecule is [CH2]CCCC(C)c1nc2ccccc2[nH]1. The highest BCUT2D eigenvalue weighted by atomic mass is 14.9. The lowest BCUT2D eigenvalue weighted by molar-refractivity contribution is 0.614. The number of imidazole rings is 1. The molecule has 1 radical (unpaired) electrons. The fraction of sp³-hybridized carbons (Fsp3) is 0.385. The molecule has 0 bridgehead atoms. The Labute approximate surface area is 90.7 Å². The van der Waals surface area contributed by atoms with Crippen LogP contribution in [0, 0.1) is 6.92 Å². The third-order valence-electron chi connectivity index (χ3n) is 2.76. The van der Waals surface area contributed by atoms with Gasteiger partial charge in [-0.25, -0.2) is 4.98 Å². The molecule has 1 aromatic heterocycles. The van der Waals surface area contributed by atoms with Crippen molar-refractivity contribution in [2.45, 2.75) is 32.1 Å². The molecule has 1 aromatic carbocycles. The van der Waals surface area contributed by atoms with E-state index in [0.717, 1.165) is 36.1 Å². The summed E-state index contributed by atoms with van der Waals surface area (Å²) in [6.07, 6.45) is 3.33. The van der Waals surface area contributed by atoms with E-state index in [1.807, 2.05) is 18.2 Å². The number of aromatic amines is 1. The first-order valence-electron chi connectivity index (χ1n) is 5.55. The molecule has 0 saturated carbocycles. The zero-order valence-electron chi connectivity index (χ0n) is 9.16. The number of benzene rings is 1. The van der Waals surface area contributed by atoms with Gasteiger partial charge in [-0.1, -0.05) is 38.8 Å². The van der Waals surface area contributed by atoms with Gasteiger partial charge in [-0.2, -0.15) is 0 Å². The smallest absolute Gasteiger partial charge is 0.110 e. The third-order valence-corrected chi connectivity index (χ3v) is 2.76. The van der Waals surface area contributed by atoms with Crippen LogP contribution in [0.5, 0.6) is 0 Å². The first-order valence-corrected chi connectivity index (χ1v) is 5.55. The van der Waals surface area contributed by atoms with Crippen LogP contribution in [-0.2, 0) is 0 Å². The van der Waals surface area contributed by atoms with Gasteiger partial charge in [0.2, 0.25) is 0 Å². The summed E-state index contributed by atoms with van der Waals surface area (Å²) < 4.78 is 0. The average Bonchev–Trinajstić information content (AvgIpc) is 2.69. The number of rotatable bonds is 4. The number of nitrogens with zero attached hydrogens (tertiary/aromatic N) is 1. The highest BCUT2D eigenvalue weighted by Gasteiger charge is 2.09. The summed E-state index contributed by atoms with van der Waals surface area (Å²) >= 11 is 0. The molecule has 0 spiro atoms. The van der Waals surface area contributed by atoms with Gasteiger partial charge in [-0.05, 0) is 18.6 Å². The summed E-state index contributed by atoms with van der Waals surface area (Å²) in [4.78, 5) is 7.96. The molecule has 1 N–H and O–H groups in total. The van der Waals surface area contributed by atoms with Crippen molar-refractivity contribution in [2.75, 3.05) is 0 Å². The second-order valence-electron chi connectivity index (χ2n) is 4.04. The predicted molar refractivity (Wildman–Crippen MR) is 63.7 cm³/mol. The van der Waals surface area contributed by atoms with E-state index >= 15 is 0 Å². The molecule has 2 nitrogen and oxygen atoms in total. The zero-order valence-corrected chi connectivity index (χ0v) is 9.16. The number of fused-ring (bicyclic) bond motifs is 1. The van der Waals surface area contributed by atoms with Crippen LogP contribution in [0.15, 0.2) is 24.3 Å². The lowest BCUT2D eigenvalue weighted by atomic mass is 10.0. The fourth-order valence-corrected chi connectivity index (χ4v) is 1.79. The Kier molecular flexibility index (Phi) is 3.05. The second kappa shape index (κ2) is 4.47. The summed E-state index contributed by atoms with van der Waals surface area (Å²) in [7, 11) is 0. The number of unbranched alkanes of at least 4 members (excludes halogenated alkanes) is 1. The van der Waals surface area contributed by atoms with Gasteiger partial charge in [0.1, 0.15) is 5.82 Å². The number of nitrogens with one attached hydrogen (secondary N) is 1. The van der Waals surface area contributed by atoms with Crippen molar-refractivity contribution in [3.63, 3.8) is 0 Å². The van der Waals surface area contributed by atoms with Crippen LogP contribution in [0.25, 0.3) is 11.0 Å². The lowest BCUT2D eigenvalue weighted by Crippen LogP contribution is -1.95. The number of para-hydroxylation sites is 2. The topological polar surface area (TPSA) is 28.7 Å². The highest BCUT2D eigenvalue weighted by molar-refractivity contribution is 5.74. The molecule has 79 valence electrons. The molecule has 1 atom stereocenters. The van der Waals surface area contributed by atoms with E-state index in [1.54, 1.807) is 0 Å². The van der Waals surface area contributed by atoms with Crippen molar-refractivity contribution >= 4 is 11.0 Å². The van der Waals surface area contributed by atoms with Crippen LogP contribution in [0.4, 0.5) is 0 Å². The maximum absolute atomic E-state index is 4.59. The minimum atomic E-state index is 0.499. The Morgan fingerprint density at radius 2 is 2.20 bits per heavy atom. The monoisotopic (exact) mass is 201 g/mol. The van der Waals surface area contributed by atoms with Gasteiger partial charge < -0.3 is 4.98 Å². The van der Waals surface area contributed by atoms with Crippen molar-refractivity contribution in [3.05, 3.63) is 37.0 Å². The number of hydrogen-bond donors (Lipinski definition) is 1. The third kappa shape index (κ3) is 2.20. The predicted octanol–water partition coefficient (Wildman–Crippen LogP) is 3.67. The van der Waals surface area contributed by atoms with E-state index in [1.165, 1.54) is 0 Å². The molecular formula is C13H17N2. The van der Waals surface area contributed by atoms with Gasteiger partial charge >= 0.3 is 0 Å². The summed E-state index contributed by atoms with van der Waals surface area (Å²) in [5, 5.41) is 0. The van der Waals surface area contributed by atoms with Gasteiger partial charge in [-0.15, -0.1) is 0 Å². The molecule has 0 fully saturated rings. The Hall–Kier alpha value is -1.31. The van der Waals surface area contributed by atoms with E-state index in [0.29, 0.717) is 5.92 Å². The molecule has 0 aliphatic heterocycles. The Morgan fingerprint density at radius 3 is 2.93 bits per heavy atom. The van der Waals surface area contributed by atoms with Crippen molar-refractivity contribution in [1.29, 1.82) is 0 Å². The van der Waals surface area contributed by atoms with Crippen molar-refractivity contribution in [2.24, 2.45) is 0 Å². The second-order valence-corrected chi connectivity index (χ2v) is 4.04. The highest BCUT2D eigenvalue weighted by Crippen LogP contribution is 2.21. The number of hydrogen-bond acceptors (Lipinski definition) is 1. The quantitative estimate of drug-likeness (QED) is 0.803. The minimum absolute atomic E-state index is 0.499. The van der Waals surface area contributed by atoms with Gasteiger partial charge in [0.05, 0.1) is 11.0 Å². The molecule has 0 aliphatic rings. The Balaban J connectivity index is 2.20. The van der Waals surface area contributed by atoms with E-state index < -0.39 is 0 Å². The molecule has 15 heavy (non-hydrogen) atoms. The summed E-state index contributed by atoms with van der Waals surface area (Å²) in [5.74, 6) is 1.60. The van der Waals surface area contributed by atoms with Crippen molar-refractivity contribution < 1.29 is 0 Å². The van der Waals surface area contributed by atoms with E-state index in [4.69, 9.17) is 0 Å². The normalized spacial score (nSPS) is 13.2. The fourth-order valence-electron chi connectivity index (χ4n) is 1.79. The van der Waals surface area contributed by atoms with Gasteiger partial charge in [-0.3, -0.25) is 0 Å². The van der Waals surface area contributed by atoms with Gasteiger partial charge in [0.15, 0.2) is 0 Å². The number of aromatic nitrogens is 2. The summed E-state index contributed by atoms with van der Waals surface area (Å²) in [6, 6.07) is 8.17. The maximum atomic E-state index is 4.59. The standard InChI is InChI=1S/C13H17N2/c1-3-4-7-10(2)13-14-11-8-5-6-9-12(11)15-13/h5-6,8-10H,1,3-4,7H2,2H3,(H,14,15). The molecule has 2 aromatic rings. The van der Waals surface area contributed by atoms with Crippen molar-refractivity contribution in [1.82, 2.24) is 9.97 Å². The van der Waals surface area contributed by atoms with Gasteiger partial charge in [0.25, 0.3) is 0 Å². The maximum Gasteiger partial charge on any atom is 0.110 e. The van der Waals surface area contributed by atoms with Gasteiger partial charge in [0, 0.05) is 5.92 Å². The number of H-pyrrole nitrogens is 1. The lowest BCUT2D eigenvalue weighted by Gasteiger charge is -2.06. The molecule has 0 amide bonds. The first-order chi connectivity index (χ1) is 7.31. The van der Waals surface area contributed by atoms with Crippen LogP contribution < -0.4 is 0 Å². The first kappa shape index (κ1) is 10.2. The molecule has 0 aliphatic carbocycles. The molecule has 1 unspecified atom stereocenters. The molecule has 1 heterocycles. The molecule has 2 rings (SSSR count). The van der Waals surface area contributed by atoms with E-state index in [2.05, 4.69) is 29.9 Å². The summed E-state index contributed by atoms with van der Waals surface area (Å²) in [5.41, 5.74) is 2.20. The van der Waals surface area contributed by atoms with Crippen molar-refractivity contribution in [3.8, 4) is 0 Å².